The molecule has 0 amide bonds. The number of nitrogens with zero attached hydrogens (tertiary/aromatic N) is 3. The number of alkyl halides is 3. The van der Waals surface area contributed by atoms with Gasteiger partial charge in [0.1, 0.15) is 5.82 Å². The van der Waals surface area contributed by atoms with Crippen LogP contribution in [-0.2, 0) is 12.7 Å². The van der Waals surface area contributed by atoms with Crippen molar-refractivity contribution in [3.63, 3.8) is 0 Å². The minimum absolute atomic E-state index is 0.154. The standard InChI is InChI=1S/C16H13F4N5O/c17-11-3-6-14(13(9-11)15-22-24-25(23-15)7-8-26)21-12-4-1-10(2-5-12)16(18,19)20/h1-6,9,26H,7-8H2,(H,21,23)/p+1. The van der Waals surface area contributed by atoms with Crippen LogP contribution < -0.4 is 10.1 Å². The van der Waals surface area contributed by atoms with Crippen molar-refractivity contribution in [1.29, 1.82) is 0 Å². The van der Waals surface area contributed by atoms with E-state index in [4.69, 9.17) is 5.11 Å². The average molecular weight is 368 g/mol. The lowest BCUT2D eigenvalue weighted by Crippen LogP contribution is -2.40. The molecular formula is C16H14F4N5O+. The summed E-state index contributed by atoms with van der Waals surface area (Å²) in [7, 11) is 0. The molecule has 10 heteroatoms. The number of aromatic nitrogens is 4. The predicted octanol–water partition coefficient (Wildman–Crippen LogP) is 2.65. The Labute approximate surface area is 145 Å². The second-order valence-electron chi connectivity index (χ2n) is 5.37. The van der Waals surface area contributed by atoms with Crippen molar-refractivity contribution in [2.24, 2.45) is 0 Å². The number of H-pyrrole nitrogens is 1. The highest BCUT2D eigenvalue weighted by Crippen LogP contribution is 2.32. The Morgan fingerprint density at radius 1 is 1.12 bits per heavy atom. The molecule has 0 radical (unpaired) electrons. The van der Waals surface area contributed by atoms with Gasteiger partial charge in [-0.25, -0.2) is 4.39 Å². The molecule has 3 aromatic rings. The Morgan fingerprint density at radius 2 is 1.85 bits per heavy atom. The first-order chi connectivity index (χ1) is 12.4. The number of nitrogens with one attached hydrogen (secondary N) is 2. The van der Waals surface area contributed by atoms with Gasteiger partial charge in [-0.05, 0) is 52.8 Å². The molecule has 6 nitrogen and oxygen atoms in total. The first-order valence-electron chi connectivity index (χ1n) is 7.54. The molecule has 0 saturated carbocycles. The largest absolute Gasteiger partial charge is 0.416 e. The molecule has 136 valence electrons. The smallest absolute Gasteiger partial charge is 0.392 e. The fourth-order valence-electron chi connectivity index (χ4n) is 2.28. The number of tetrazole rings is 1. The number of anilines is 2. The normalized spacial score (nSPS) is 11.6. The van der Waals surface area contributed by atoms with Crippen molar-refractivity contribution in [1.82, 2.24) is 15.4 Å². The molecule has 0 aliphatic heterocycles. The molecule has 0 spiro atoms. The molecule has 0 saturated heterocycles. The Balaban J connectivity index is 1.90. The highest BCUT2D eigenvalue weighted by molar-refractivity contribution is 5.77. The van der Waals surface area contributed by atoms with E-state index in [0.717, 1.165) is 12.1 Å². The van der Waals surface area contributed by atoms with Crippen LogP contribution in [0.4, 0.5) is 28.9 Å². The molecule has 0 atom stereocenters. The summed E-state index contributed by atoms with van der Waals surface area (Å²) >= 11 is 0. The van der Waals surface area contributed by atoms with E-state index in [-0.39, 0.29) is 19.0 Å². The zero-order valence-corrected chi connectivity index (χ0v) is 13.3. The van der Waals surface area contributed by atoms with E-state index >= 15 is 0 Å². The number of rotatable bonds is 5. The third kappa shape index (κ3) is 3.97. The fourth-order valence-corrected chi connectivity index (χ4v) is 2.28. The summed E-state index contributed by atoms with van der Waals surface area (Å²) in [6, 6.07) is 8.32. The van der Waals surface area contributed by atoms with Crippen LogP contribution in [0.2, 0.25) is 0 Å². The highest BCUT2D eigenvalue weighted by Gasteiger charge is 2.30. The summed E-state index contributed by atoms with van der Waals surface area (Å²) in [6.07, 6.45) is -4.42. The van der Waals surface area contributed by atoms with E-state index in [1.165, 1.54) is 35.1 Å². The van der Waals surface area contributed by atoms with Crippen molar-refractivity contribution in [2.45, 2.75) is 12.7 Å². The topological polar surface area (TPSA) is 77.7 Å². The van der Waals surface area contributed by atoms with Gasteiger partial charge in [-0.1, -0.05) is 4.80 Å². The van der Waals surface area contributed by atoms with E-state index in [0.29, 0.717) is 16.9 Å². The number of hydrogen-bond acceptors (Lipinski definition) is 4. The van der Waals surface area contributed by atoms with Crippen LogP contribution in [0.15, 0.2) is 42.5 Å². The first kappa shape index (κ1) is 17.8. The third-order valence-corrected chi connectivity index (χ3v) is 3.51. The zero-order chi connectivity index (χ0) is 18.7. The van der Waals surface area contributed by atoms with Crippen LogP contribution in [0, 0.1) is 5.82 Å². The molecule has 3 rings (SSSR count). The maximum atomic E-state index is 13.6. The molecule has 3 N–H and O–H groups in total. The molecule has 0 aliphatic carbocycles. The number of benzene rings is 2. The van der Waals surface area contributed by atoms with E-state index in [2.05, 4.69) is 20.7 Å². The Kier molecular flexibility index (Phi) is 4.85. The first-order valence-corrected chi connectivity index (χ1v) is 7.54. The van der Waals surface area contributed by atoms with Crippen molar-refractivity contribution in [3.05, 3.63) is 53.8 Å². The van der Waals surface area contributed by atoms with Crippen LogP contribution in [0.25, 0.3) is 11.4 Å². The summed E-state index contributed by atoms with van der Waals surface area (Å²) in [5.74, 6) is -0.344. The number of aromatic amines is 1. The van der Waals surface area contributed by atoms with Gasteiger partial charge in [0.05, 0.1) is 28.5 Å². The molecule has 0 fully saturated rings. The lowest BCUT2D eigenvalue weighted by Gasteiger charge is -2.11. The quantitative estimate of drug-likeness (QED) is 0.478. The molecule has 2 aromatic carbocycles. The van der Waals surface area contributed by atoms with Gasteiger partial charge < -0.3 is 10.4 Å². The number of hydrogen-bond donors (Lipinski definition) is 3. The summed E-state index contributed by atoms with van der Waals surface area (Å²) in [4.78, 5) is 1.28. The molecule has 26 heavy (non-hydrogen) atoms. The van der Waals surface area contributed by atoms with Gasteiger partial charge >= 0.3 is 12.0 Å². The van der Waals surface area contributed by atoms with Crippen LogP contribution in [0.3, 0.4) is 0 Å². The van der Waals surface area contributed by atoms with Crippen LogP contribution in [-0.4, -0.2) is 27.1 Å². The van der Waals surface area contributed by atoms with Gasteiger partial charge in [0.25, 0.3) is 0 Å². The molecule has 1 aromatic heterocycles. The summed E-state index contributed by atoms with van der Waals surface area (Å²) in [5.41, 5.74) is 0.366. The molecular weight excluding hydrogens is 354 g/mol. The van der Waals surface area contributed by atoms with Gasteiger partial charge in [0.2, 0.25) is 0 Å². The van der Waals surface area contributed by atoms with Gasteiger partial charge in [-0.15, -0.1) is 0 Å². The monoisotopic (exact) mass is 368 g/mol. The average Bonchev–Trinajstić information content (AvgIpc) is 3.05. The van der Waals surface area contributed by atoms with E-state index in [9.17, 15) is 17.6 Å². The zero-order valence-electron chi connectivity index (χ0n) is 13.3. The third-order valence-electron chi connectivity index (χ3n) is 3.51. The minimum atomic E-state index is -4.42. The second-order valence-corrected chi connectivity index (χ2v) is 5.37. The van der Waals surface area contributed by atoms with E-state index in [1.54, 1.807) is 0 Å². The van der Waals surface area contributed by atoms with E-state index in [1.807, 2.05) is 0 Å². The Bertz CT molecular complexity index is 892. The van der Waals surface area contributed by atoms with Gasteiger partial charge in [-0.2, -0.15) is 13.2 Å². The maximum Gasteiger partial charge on any atom is 0.416 e. The molecule has 0 aliphatic rings. The summed E-state index contributed by atoms with van der Waals surface area (Å²) in [6.45, 7) is 0.0308. The maximum absolute atomic E-state index is 13.6. The van der Waals surface area contributed by atoms with Crippen molar-refractivity contribution >= 4 is 11.4 Å². The minimum Gasteiger partial charge on any atom is -0.392 e. The second kappa shape index (κ2) is 7.08. The van der Waals surface area contributed by atoms with Gasteiger partial charge in [0, 0.05) is 5.69 Å². The predicted molar refractivity (Wildman–Crippen MR) is 83.8 cm³/mol. The molecule has 0 bridgehead atoms. The van der Waals surface area contributed by atoms with Gasteiger partial charge in [-0.3, -0.25) is 0 Å². The fraction of sp³-hybridized carbons (Fsp3) is 0.188. The van der Waals surface area contributed by atoms with Crippen molar-refractivity contribution in [2.75, 3.05) is 11.9 Å². The van der Waals surface area contributed by atoms with Crippen LogP contribution in [0.1, 0.15) is 5.56 Å². The van der Waals surface area contributed by atoms with Crippen molar-refractivity contribution < 1.29 is 27.5 Å². The van der Waals surface area contributed by atoms with Crippen LogP contribution >= 0.6 is 0 Å². The lowest BCUT2D eigenvalue weighted by atomic mass is 10.1. The van der Waals surface area contributed by atoms with E-state index < -0.39 is 17.6 Å². The Hall–Kier alpha value is -3.01. The summed E-state index contributed by atoms with van der Waals surface area (Å²) < 4.78 is 51.6. The molecule has 0 unspecified atom stereocenters. The van der Waals surface area contributed by atoms with Crippen molar-refractivity contribution in [3.8, 4) is 11.4 Å². The van der Waals surface area contributed by atoms with Crippen LogP contribution in [0.5, 0.6) is 0 Å². The Morgan fingerprint density at radius 3 is 2.50 bits per heavy atom. The number of aliphatic hydroxyl groups excluding tert-OH is 1. The lowest BCUT2D eigenvalue weighted by molar-refractivity contribution is -0.805. The number of aliphatic hydroxyl groups is 1. The molecule has 1 heterocycles. The highest BCUT2D eigenvalue weighted by atomic mass is 19.4. The summed E-state index contributed by atoms with van der Waals surface area (Å²) in [5, 5.41) is 22.5. The SMILES string of the molecule is OCC[n+]1nc(-c2cc(F)ccc2Nc2ccc(C(F)(F)F)cc2)n[nH]1. The number of halogens is 4. The van der Waals surface area contributed by atoms with Gasteiger partial charge in [0.15, 0.2) is 6.54 Å².